The number of hydrogen-bond acceptors (Lipinski definition) is 5. The van der Waals surface area contributed by atoms with Gasteiger partial charge in [-0.3, -0.25) is 9.59 Å². The fraction of sp³-hybridized carbons (Fsp3) is 0.350. The molecule has 1 N–H and O–H groups in total. The number of rotatable bonds is 5. The van der Waals surface area contributed by atoms with Gasteiger partial charge in [-0.05, 0) is 35.7 Å². The van der Waals surface area contributed by atoms with E-state index in [1.807, 2.05) is 0 Å². The lowest BCUT2D eigenvalue weighted by atomic mass is 9.98. The number of thiophene rings is 1. The summed E-state index contributed by atoms with van der Waals surface area (Å²) in [7, 11) is 1.54. The SMILES string of the molecule is CC[C@@H]1c2ccsc2CC[NH+]1CN1C(=O)C(=O)N(c2ccc(OC)cc2)C1=O. The zero-order chi connectivity index (χ0) is 19.8. The number of amides is 4. The van der Waals surface area contributed by atoms with Gasteiger partial charge in [0.15, 0.2) is 6.67 Å². The summed E-state index contributed by atoms with van der Waals surface area (Å²) in [5.74, 6) is -0.962. The number of imide groups is 2. The number of ether oxygens (including phenoxy) is 1. The molecule has 0 radical (unpaired) electrons. The van der Waals surface area contributed by atoms with Crippen LogP contribution in [-0.2, 0) is 16.0 Å². The highest BCUT2D eigenvalue weighted by Crippen LogP contribution is 2.28. The summed E-state index contributed by atoms with van der Waals surface area (Å²) in [6, 6.07) is 8.29. The molecule has 2 aliphatic heterocycles. The highest BCUT2D eigenvalue weighted by Gasteiger charge is 2.48. The molecule has 4 amide bonds. The Morgan fingerprint density at radius 2 is 1.89 bits per heavy atom. The van der Waals surface area contributed by atoms with Crippen LogP contribution in [0.4, 0.5) is 10.5 Å². The smallest absolute Gasteiger partial charge is 0.343 e. The van der Waals surface area contributed by atoms with Gasteiger partial charge >= 0.3 is 17.8 Å². The summed E-state index contributed by atoms with van der Waals surface area (Å²) in [5, 5.41) is 2.09. The van der Waals surface area contributed by atoms with Gasteiger partial charge in [0.05, 0.1) is 19.3 Å². The minimum atomic E-state index is -0.809. The largest absolute Gasteiger partial charge is 0.497 e. The summed E-state index contributed by atoms with van der Waals surface area (Å²) in [4.78, 5) is 42.5. The van der Waals surface area contributed by atoms with Crippen LogP contribution >= 0.6 is 11.3 Å². The van der Waals surface area contributed by atoms with Crippen molar-refractivity contribution in [3.8, 4) is 5.75 Å². The summed E-state index contributed by atoms with van der Waals surface area (Å²) >= 11 is 1.76. The fourth-order valence-electron chi connectivity index (χ4n) is 4.04. The lowest BCUT2D eigenvalue weighted by molar-refractivity contribution is -0.940. The van der Waals surface area contributed by atoms with E-state index in [0.717, 1.165) is 34.1 Å². The molecule has 1 aromatic heterocycles. The van der Waals surface area contributed by atoms with Crippen LogP contribution in [0.3, 0.4) is 0 Å². The highest BCUT2D eigenvalue weighted by molar-refractivity contribution is 7.10. The predicted octanol–water partition coefficient (Wildman–Crippen LogP) is 1.60. The molecule has 0 spiro atoms. The van der Waals surface area contributed by atoms with Crippen LogP contribution in [0.5, 0.6) is 5.75 Å². The molecule has 0 saturated carbocycles. The molecular weight excluding hydrogens is 378 g/mol. The number of nitrogens with one attached hydrogen (secondary N) is 1. The summed E-state index contributed by atoms with van der Waals surface area (Å²) in [5.41, 5.74) is 1.67. The number of quaternary nitrogens is 1. The van der Waals surface area contributed by atoms with Gasteiger partial charge < -0.3 is 9.64 Å². The lowest BCUT2D eigenvalue weighted by Crippen LogP contribution is -3.14. The van der Waals surface area contributed by atoms with Gasteiger partial charge in [-0.2, -0.15) is 0 Å². The van der Waals surface area contributed by atoms with Crippen LogP contribution in [0, 0.1) is 0 Å². The van der Waals surface area contributed by atoms with Crippen molar-refractivity contribution >= 4 is 34.9 Å². The van der Waals surface area contributed by atoms with Crippen molar-refractivity contribution in [1.29, 1.82) is 0 Å². The second-order valence-electron chi connectivity index (χ2n) is 6.93. The van der Waals surface area contributed by atoms with Gasteiger partial charge in [0.2, 0.25) is 0 Å². The quantitative estimate of drug-likeness (QED) is 0.611. The van der Waals surface area contributed by atoms with E-state index in [1.54, 1.807) is 35.6 Å². The molecule has 3 heterocycles. The summed E-state index contributed by atoms with van der Waals surface area (Å²) in [6.07, 6.45) is 1.83. The van der Waals surface area contributed by atoms with Crippen LogP contribution in [0.15, 0.2) is 35.7 Å². The van der Waals surface area contributed by atoms with E-state index in [0.29, 0.717) is 11.4 Å². The third-order valence-electron chi connectivity index (χ3n) is 5.47. The van der Waals surface area contributed by atoms with Crippen molar-refractivity contribution in [2.24, 2.45) is 0 Å². The van der Waals surface area contributed by atoms with E-state index >= 15 is 0 Å². The van der Waals surface area contributed by atoms with Gasteiger partial charge in [0.1, 0.15) is 11.8 Å². The molecule has 7 nitrogen and oxygen atoms in total. The zero-order valence-electron chi connectivity index (χ0n) is 15.8. The van der Waals surface area contributed by atoms with Crippen molar-refractivity contribution in [1.82, 2.24) is 4.90 Å². The first-order valence-electron chi connectivity index (χ1n) is 9.30. The summed E-state index contributed by atoms with van der Waals surface area (Å²) in [6.45, 7) is 3.14. The first-order valence-corrected chi connectivity index (χ1v) is 10.2. The van der Waals surface area contributed by atoms with Gasteiger partial charge in [-0.15, -0.1) is 11.3 Å². The van der Waals surface area contributed by atoms with Crippen LogP contribution < -0.4 is 14.5 Å². The van der Waals surface area contributed by atoms with E-state index < -0.39 is 17.8 Å². The zero-order valence-corrected chi connectivity index (χ0v) is 16.6. The Morgan fingerprint density at radius 3 is 2.57 bits per heavy atom. The number of carbonyl (C=O) groups excluding carboxylic acids is 3. The maximum atomic E-state index is 12.9. The van der Waals surface area contributed by atoms with E-state index in [4.69, 9.17) is 4.74 Å². The molecule has 8 heteroatoms. The minimum absolute atomic E-state index is 0.198. The molecule has 2 atom stereocenters. The second kappa shape index (κ2) is 7.37. The van der Waals surface area contributed by atoms with Crippen LogP contribution in [-0.4, -0.2) is 43.1 Å². The molecule has 28 heavy (non-hydrogen) atoms. The minimum Gasteiger partial charge on any atom is -0.497 e. The average molecular weight is 400 g/mol. The number of methoxy groups -OCH3 is 1. The first-order chi connectivity index (χ1) is 13.5. The third-order valence-corrected chi connectivity index (χ3v) is 6.47. The maximum Gasteiger partial charge on any atom is 0.343 e. The van der Waals surface area contributed by atoms with Crippen LogP contribution in [0.25, 0.3) is 0 Å². The highest BCUT2D eigenvalue weighted by atomic mass is 32.1. The molecule has 4 rings (SSSR count). The van der Waals surface area contributed by atoms with Crippen molar-refractivity contribution in [2.75, 3.05) is 25.2 Å². The molecule has 2 aliphatic rings. The van der Waals surface area contributed by atoms with Crippen LogP contribution in [0.2, 0.25) is 0 Å². The van der Waals surface area contributed by atoms with Gasteiger partial charge in [0.25, 0.3) is 0 Å². The van der Waals surface area contributed by atoms with E-state index in [2.05, 4.69) is 18.4 Å². The van der Waals surface area contributed by atoms with Crippen LogP contribution in [0.1, 0.15) is 29.8 Å². The number of urea groups is 1. The standard InChI is InChI=1S/C20H21N3O4S/c1-3-16-15-9-11-28-17(15)8-10-21(16)12-22-18(24)19(25)23(20(22)26)13-4-6-14(27-2)7-5-13/h4-7,9,11,16H,3,8,10,12H2,1-2H3/p+1/t16-/m1/s1. The molecule has 0 bridgehead atoms. The number of anilines is 1. The molecule has 2 aromatic rings. The Bertz CT molecular complexity index is 924. The molecule has 1 fully saturated rings. The molecule has 1 saturated heterocycles. The summed E-state index contributed by atoms with van der Waals surface area (Å²) < 4.78 is 5.11. The second-order valence-corrected chi connectivity index (χ2v) is 7.93. The number of hydrogen-bond donors (Lipinski definition) is 1. The maximum absolute atomic E-state index is 12.9. The van der Waals surface area contributed by atoms with E-state index in [9.17, 15) is 14.4 Å². The van der Waals surface area contributed by atoms with Crippen molar-refractivity contribution in [3.63, 3.8) is 0 Å². The third kappa shape index (κ3) is 2.98. The van der Waals surface area contributed by atoms with Gasteiger partial charge in [-0.1, -0.05) is 6.92 Å². The van der Waals surface area contributed by atoms with Crippen molar-refractivity contribution in [3.05, 3.63) is 46.2 Å². The number of fused-ring (bicyclic) bond motifs is 1. The van der Waals surface area contributed by atoms with Crippen molar-refractivity contribution in [2.45, 2.75) is 25.8 Å². The lowest BCUT2D eigenvalue weighted by Gasteiger charge is -2.33. The molecular formula is C20H22N3O4S+. The Kier molecular flexibility index (Phi) is 4.91. The average Bonchev–Trinajstić information content (AvgIpc) is 3.27. The van der Waals surface area contributed by atoms with Gasteiger partial charge in [0, 0.05) is 23.3 Å². The topological polar surface area (TPSA) is 71.4 Å². The van der Waals surface area contributed by atoms with E-state index in [1.165, 1.54) is 17.6 Å². The monoisotopic (exact) mass is 400 g/mol. The molecule has 146 valence electrons. The Morgan fingerprint density at radius 1 is 1.14 bits per heavy atom. The first kappa shape index (κ1) is 18.6. The number of nitrogens with zero attached hydrogens (tertiary/aromatic N) is 2. The van der Waals surface area contributed by atoms with Gasteiger partial charge in [-0.25, -0.2) is 14.6 Å². The Balaban J connectivity index is 1.56. The van der Waals surface area contributed by atoms with Crippen molar-refractivity contribution < 1.29 is 24.0 Å². The predicted molar refractivity (Wildman–Crippen MR) is 104 cm³/mol. The number of carbonyl (C=O) groups is 3. The normalized spacial score (nSPS) is 22.0. The fourth-order valence-corrected chi connectivity index (χ4v) is 4.98. The van der Waals surface area contributed by atoms with E-state index in [-0.39, 0.29) is 12.7 Å². The molecule has 1 aromatic carbocycles. The Hall–Kier alpha value is -2.71. The molecule has 1 unspecified atom stereocenters. The Labute approximate surface area is 167 Å². The number of benzene rings is 1. The molecule has 0 aliphatic carbocycles.